The summed E-state index contributed by atoms with van der Waals surface area (Å²) in [5.74, 6) is -2.62. The van der Waals surface area contributed by atoms with Crippen LogP contribution in [0.3, 0.4) is 0 Å². The number of piperidine rings is 1. The molecule has 0 saturated carbocycles. The summed E-state index contributed by atoms with van der Waals surface area (Å²) in [5.41, 5.74) is 6.98. The molecule has 1 unspecified atom stereocenters. The van der Waals surface area contributed by atoms with E-state index in [0.29, 0.717) is 12.6 Å². The van der Waals surface area contributed by atoms with E-state index in [1.54, 1.807) is 0 Å². The van der Waals surface area contributed by atoms with E-state index in [1.807, 2.05) is 0 Å². The van der Waals surface area contributed by atoms with E-state index in [-0.39, 0.29) is 21.1 Å². The van der Waals surface area contributed by atoms with Crippen LogP contribution in [0.4, 0.5) is 0 Å². The predicted octanol–water partition coefficient (Wildman–Crippen LogP) is 1.90. The number of rotatable bonds is 4. The van der Waals surface area contributed by atoms with E-state index >= 15 is 0 Å². The van der Waals surface area contributed by atoms with Gasteiger partial charge in [-0.15, -0.1) is 12.6 Å². The molecule has 1 rings (SSSR count). The Kier molecular flexibility index (Phi) is 13.4. The van der Waals surface area contributed by atoms with Gasteiger partial charge in [-0.25, -0.2) is 0 Å². The van der Waals surface area contributed by atoms with Crippen LogP contribution in [-0.4, -0.2) is 41.3 Å². The van der Waals surface area contributed by atoms with E-state index in [1.165, 1.54) is 19.3 Å². The predicted molar refractivity (Wildman–Crippen MR) is 59.6 cm³/mol. The molecule has 7 heteroatoms. The SMILES string of the molecule is O=C(O)CC(=O)O.[NH-]CCC1CCCC[N-]1.[Pt+2]. The molecule has 0 aromatic rings. The first-order valence-corrected chi connectivity index (χ1v) is 5.31. The standard InChI is InChI=1S/C7H14N2.C3H4O4.Pt/c8-5-4-7-3-1-2-6-9-7;4-2(5)1-3(6)7;/h7-8H,1-6H2;1H2,(H,4,5)(H,6,7);/q-2;;+2. The van der Waals surface area contributed by atoms with Crippen molar-refractivity contribution in [2.45, 2.75) is 38.1 Å². The minimum absolute atomic E-state index is 0. The molecule has 1 atom stereocenters. The summed E-state index contributed by atoms with van der Waals surface area (Å²) in [6.07, 6.45) is 4.02. The van der Waals surface area contributed by atoms with Gasteiger partial charge in [0.25, 0.3) is 0 Å². The molecule has 0 amide bonds. The molecule has 1 heterocycles. The Labute approximate surface area is 115 Å². The van der Waals surface area contributed by atoms with Gasteiger partial charge in [0.2, 0.25) is 0 Å². The molecule has 0 radical (unpaired) electrons. The molecule has 0 aromatic carbocycles. The van der Waals surface area contributed by atoms with Gasteiger partial charge in [-0.05, 0) is 0 Å². The average molecular weight is 425 g/mol. The van der Waals surface area contributed by atoms with Crippen LogP contribution >= 0.6 is 0 Å². The number of aliphatic carboxylic acids is 2. The summed E-state index contributed by atoms with van der Waals surface area (Å²) >= 11 is 0. The van der Waals surface area contributed by atoms with Crippen molar-refractivity contribution in [2.75, 3.05) is 13.1 Å². The second-order valence-corrected chi connectivity index (χ2v) is 3.56. The van der Waals surface area contributed by atoms with Gasteiger partial charge in [-0.1, -0.05) is 25.7 Å². The van der Waals surface area contributed by atoms with Crippen LogP contribution < -0.4 is 0 Å². The molecular weight excluding hydrogens is 407 g/mol. The summed E-state index contributed by atoms with van der Waals surface area (Å²) in [5, 5.41) is 19.8. The summed E-state index contributed by atoms with van der Waals surface area (Å²) in [6.45, 7) is 1.60. The Bertz CT molecular complexity index is 206. The zero-order chi connectivity index (χ0) is 12.4. The number of hydrogen-bond donors (Lipinski definition) is 2. The molecule has 6 nitrogen and oxygen atoms in total. The molecule has 1 aliphatic heterocycles. The second-order valence-electron chi connectivity index (χ2n) is 3.56. The van der Waals surface area contributed by atoms with Gasteiger partial charge >= 0.3 is 33.0 Å². The maximum absolute atomic E-state index is 9.43. The fraction of sp³-hybridized carbons (Fsp3) is 0.800. The van der Waals surface area contributed by atoms with E-state index in [4.69, 9.17) is 15.9 Å². The van der Waals surface area contributed by atoms with Crippen LogP contribution in [0.25, 0.3) is 11.1 Å². The van der Waals surface area contributed by atoms with Crippen LogP contribution in [-0.2, 0) is 30.7 Å². The zero-order valence-electron chi connectivity index (χ0n) is 9.50. The van der Waals surface area contributed by atoms with Crippen LogP contribution in [0.5, 0.6) is 0 Å². The summed E-state index contributed by atoms with van der Waals surface area (Å²) in [4.78, 5) is 18.9. The summed E-state index contributed by atoms with van der Waals surface area (Å²) in [7, 11) is 0. The van der Waals surface area contributed by atoms with E-state index in [0.717, 1.165) is 13.0 Å². The summed E-state index contributed by atoms with van der Waals surface area (Å²) < 4.78 is 0. The Balaban J connectivity index is 0. The van der Waals surface area contributed by atoms with Crippen LogP contribution in [0.15, 0.2) is 0 Å². The number of carbonyl (C=O) groups is 2. The van der Waals surface area contributed by atoms with E-state index < -0.39 is 18.4 Å². The number of nitrogens with one attached hydrogen (secondary N) is 1. The van der Waals surface area contributed by atoms with E-state index in [9.17, 15) is 9.59 Å². The van der Waals surface area contributed by atoms with Gasteiger partial charge in [-0.3, -0.25) is 9.59 Å². The van der Waals surface area contributed by atoms with Gasteiger partial charge < -0.3 is 21.3 Å². The average Bonchev–Trinajstić information content (AvgIpc) is 2.18. The van der Waals surface area contributed by atoms with Crippen molar-refractivity contribution in [3.05, 3.63) is 11.1 Å². The topological polar surface area (TPSA) is 112 Å². The fourth-order valence-corrected chi connectivity index (χ4v) is 1.39. The Hall–Kier alpha value is -0.452. The molecule has 102 valence electrons. The first-order chi connectivity index (χ1) is 7.56. The Morgan fingerprint density at radius 2 is 1.82 bits per heavy atom. The van der Waals surface area contributed by atoms with Crippen LogP contribution in [0.1, 0.15) is 32.1 Å². The van der Waals surface area contributed by atoms with Gasteiger partial charge in [0, 0.05) is 0 Å². The van der Waals surface area contributed by atoms with Crippen molar-refractivity contribution in [2.24, 2.45) is 0 Å². The quantitative estimate of drug-likeness (QED) is 0.670. The normalized spacial score (nSPS) is 18.3. The molecule has 1 aliphatic rings. The molecular formula is C10H18N2O4Pt. The molecule has 1 fully saturated rings. The maximum atomic E-state index is 9.43. The van der Waals surface area contributed by atoms with Crippen molar-refractivity contribution < 1.29 is 40.9 Å². The number of nitrogens with zero attached hydrogens (tertiary/aromatic N) is 1. The third kappa shape index (κ3) is 13.5. The van der Waals surface area contributed by atoms with Gasteiger partial charge in [0.15, 0.2) is 0 Å². The third-order valence-corrected chi connectivity index (χ3v) is 2.11. The molecule has 1 saturated heterocycles. The van der Waals surface area contributed by atoms with Gasteiger partial charge in [-0.2, -0.15) is 6.54 Å². The molecule has 0 spiro atoms. The molecule has 0 bridgehead atoms. The Morgan fingerprint density at radius 3 is 2.12 bits per heavy atom. The molecule has 0 aliphatic carbocycles. The number of carboxylic acid groups (broad SMARTS) is 2. The first-order valence-electron chi connectivity index (χ1n) is 5.31. The molecule has 0 aromatic heterocycles. The van der Waals surface area contributed by atoms with Crippen molar-refractivity contribution in [3.8, 4) is 0 Å². The van der Waals surface area contributed by atoms with Gasteiger partial charge in [0.05, 0.1) is 0 Å². The fourth-order valence-electron chi connectivity index (χ4n) is 1.39. The van der Waals surface area contributed by atoms with Gasteiger partial charge in [0.1, 0.15) is 6.42 Å². The number of carboxylic acids is 2. The minimum Gasteiger partial charge on any atom is -0.677 e. The van der Waals surface area contributed by atoms with Crippen LogP contribution in [0, 0.1) is 0 Å². The Morgan fingerprint density at radius 1 is 1.24 bits per heavy atom. The van der Waals surface area contributed by atoms with E-state index in [2.05, 4.69) is 5.32 Å². The third-order valence-electron chi connectivity index (χ3n) is 2.11. The van der Waals surface area contributed by atoms with Crippen molar-refractivity contribution in [1.82, 2.24) is 0 Å². The maximum Gasteiger partial charge on any atom is 2.00 e. The van der Waals surface area contributed by atoms with Crippen molar-refractivity contribution in [3.63, 3.8) is 0 Å². The monoisotopic (exact) mass is 425 g/mol. The zero-order valence-corrected chi connectivity index (χ0v) is 11.8. The first kappa shape index (κ1) is 18.9. The minimum atomic E-state index is -1.31. The number of hydrogen-bond acceptors (Lipinski definition) is 2. The van der Waals surface area contributed by atoms with Crippen LogP contribution in [0.2, 0.25) is 0 Å². The largest absolute Gasteiger partial charge is 2.00 e. The van der Waals surface area contributed by atoms with Crippen molar-refractivity contribution in [1.29, 1.82) is 0 Å². The molecule has 3 N–H and O–H groups in total. The smallest absolute Gasteiger partial charge is 0.677 e. The van der Waals surface area contributed by atoms with Crippen molar-refractivity contribution >= 4 is 11.9 Å². The second kappa shape index (κ2) is 12.0. The molecule has 17 heavy (non-hydrogen) atoms. The summed E-state index contributed by atoms with van der Waals surface area (Å²) in [6, 6.07) is 0.538.